The van der Waals surface area contributed by atoms with Crippen molar-refractivity contribution in [3.05, 3.63) is 18.3 Å². The van der Waals surface area contributed by atoms with Crippen molar-refractivity contribution in [2.24, 2.45) is 0 Å². The highest BCUT2D eigenvalue weighted by molar-refractivity contribution is 5.32. The van der Waals surface area contributed by atoms with Gasteiger partial charge < -0.3 is 5.32 Å². The van der Waals surface area contributed by atoms with Crippen LogP contribution in [0, 0.1) is 17.8 Å². The van der Waals surface area contributed by atoms with Crippen LogP contribution in [0.5, 0.6) is 0 Å². The highest BCUT2D eigenvalue weighted by Crippen LogP contribution is 1.98. The molecule has 4 heteroatoms. The number of nitrogens with zero attached hydrogens (tertiary/aromatic N) is 2. The van der Waals surface area contributed by atoms with Crippen molar-refractivity contribution < 1.29 is 4.39 Å². The summed E-state index contributed by atoms with van der Waals surface area (Å²) in [6, 6.07) is 0. The minimum Gasteiger partial charge on any atom is -0.358 e. The largest absolute Gasteiger partial charge is 0.358 e. The third-order valence-electron chi connectivity index (χ3n) is 1.14. The first-order valence-corrected chi connectivity index (χ1v) is 3.44. The van der Waals surface area contributed by atoms with Crippen LogP contribution in [0.4, 0.5) is 10.2 Å². The van der Waals surface area contributed by atoms with Gasteiger partial charge in [0.05, 0.1) is 18.9 Å². The van der Waals surface area contributed by atoms with E-state index in [1.807, 2.05) is 0 Å². The molecule has 3 nitrogen and oxygen atoms in total. The average Bonchev–Trinajstić information content (AvgIpc) is 2.05. The number of nitrogens with one attached hydrogen (secondary N) is 1. The predicted octanol–water partition coefficient (Wildman–Crippen LogP) is 1.05. The van der Waals surface area contributed by atoms with Gasteiger partial charge in [0.15, 0.2) is 0 Å². The molecule has 0 aliphatic heterocycles. The van der Waals surface area contributed by atoms with Gasteiger partial charge >= 0.3 is 0 Å². The molecule has 12 heavy (non-hydrogen) atoms. The molecule has 0 aliphatic carbocycles. The van der Waals surface area contributed by atoms with E-state index >= 15 is 0 Å². The lowest BCUT2D eigenvalue weighted by Gasteiger charge is -1.98. The van der Waals surface area contributed by atoms with Gasteiger partial charge in [-0.05, 0) is 6.92 Å². The highest BCUT2D eigenvalue weighted by Gasteiger charge is 1.93. The second-order valence-corrected chi connectivity index (χ2v) is 2.01. The molecule has 1 N–H and O–H groups in total. The average molecular weight is 165 g/mol. The van der Waals surface area contributed by atoms with Gasteiger partial charge in [-0.25, -0.2) is 0 Å². The molecular formula is C8H8FN3. The normalized spacial score (nSPS) is 8.50. The zero-order chi connectivity index (χ0) is 8.81. The molecule has 1 rings (SSSR count). The van der Waals surface area contributed by atoms with Crippen LogP contribution < -0.4 is 5.32 Å². The maximum atomic E-state index is 12.4. The molecule has 1 aromatic heterocycles. The highest BCUT2D eigenvalue weighted by atomic mass is 19.1. The monoisotopic (exact) mass is 165 g/mol. The van der Waals surface area contributed by atoms with Gasteiger partial charge in [-0.15, -0.1) is 5.92 Å². The number of aromatic nitrogens is 2. The molecule has 1 heterocycles. The maximum absolute atomic E-state index is 12.4. The number of hydrogen-bond acceptors (Lipinski definition) is 3. The fraction of sp³-hybridized carbons (Fsp3) is 0.250. The van der Waals surface area contributed by atoms with Crippen molar-refractivity contribution in [2.45, 2.75) is 6.92 Å². The van der Waals surface area contributed by atoms with E-state index in [9.17, 15) is 4.39 Å². The van der Waals surface area contributed by atoms with Crippen molar-refractivity contribution in [3.8, 4) is 11.8 Å². The van der Waals surface area contributed by atoms with E-state index in [0.717, 1.165) is 6.20 Å². The quantitative estimate of drug-likeness (QED) is 0.665. The SMILES string of the molecule is CC#CCNc1cncc(F)n1. The van der Waals surface area contributed by atoms with Gasteiger partial charge in [0.2, 0.25) is 5.95 Å². The van der Waals surface area contributed by atoms with Crippen LogP contribution in [0.2, 0.25) is 0 Å². The molecule has 62 valence electrons. The van der Waals surface area contributed by atoms with Gasteiger partial charge in [-0.2, -0.15) is 9.37 Å². The topological polar surface area (TPSA) is 37.8 Å². The summed E-state index contributed by atoms with van der Waals surface area (Å²) in [5.74, 6) is 5.27. The Hall–Kier alpha value is -1.63. The second kappa shape index (κ2) is 4.29. The molecule has 0 atom stereocenters. The first kappa shape index (κ1) is 8.47. The lowest BCUT2D eigenvalue weighted by Crippen LogP contribution is -2.02. The van der Waals surface area contributed by atoms with Gasteiger partial charge in [-0.3, -0.25) is 4.98 Å². The van der Waals surface area contributed by atoms with Crippen molar-refractivity contribution in [3.63, 3.8) is 0 Å². The molecule has 0 amide bonds. The fourth-order valence-electron chi connectivity index (χ4n) is 0.650. The Morgan fingerprint density at radius 2 is 2.42 bits per heavy atom. The Morgan fingerprint density at radius 3 is 3.08 bits per heavy atom. The molecular weight excluding hydrogens is 157 g/mol. The third-order valence-corrected chi connectivity index (χ3v) is 1.14. The van der Waals surface area contributed by atoms with Crippen LogP contribution >= 0.6 is 0 Å². The standard InChI is InChI=1S/C8H8FN3/c1-2-3-4-11-8-6-10-5-7(9)12-8/h5-6H,4H2,1H3,(H,11,12). The number of rotatable bonds is 2. The van der Waals surface area contributed by atoms with Crippen molar-refractivity contribution in [2.75, 3.05) is 11.9 Å². The summed E-state index contributed by atoms with van der Waals surface area (Å²) in [5, 5.41) is 2.80. The molecule has 1 aromatic rings. The van der Waals surface area contributed by atoms with Crippen LogP contribution in [0.3, 0.4) is 0 Å². The zero-order valence-corrected chi connectivity index (χ0v) is 6.63. The van der Waals surface area contributed by atoms with Crippen molar-refractivity contribution >= 4 is 5.82 Å². The Labute approximate surface area is 70.0 Å². The Bertz CT molecular complexity index is 314. The van der Waals surface area contributed by atoms with E-state index in [4.69, 9.17) is 0 Å². The summed E-state index contributed by atoms with van der Waals surface area (Å²) >= 11 is 0. The Morgan fingerprint density at radius 1 is 1.58 bits per heavy atom. The van der Waals surface area contributed by atoms with Gasteiger partial charge in [-0.1, -0.05) is 5.92 Å². The van der Waals surface area contributed by atoms with Gasteiger partial charge in [0.25, 0.3) is 0 Å². The summed E-state index contributed by atoms with van der Waals surface area (Å²) < 4.78 is 12.4. The van der Waals surface area contributed by atoms with E-state index < -0.39 is 5.95 Å². The number of anilines is 1. The van der Waals surface area contributed by atoms with E-state index in [2.05, 4.69) is 27.1 Å². The van der Waals surface area contributed by atoms with Crippen molar-refractivity contribution in [1.82, 2.24) is 9.97 Å². The van der Waals surface area contributed by atoms with Crippen LogP contribution in [0.15, 0.2) is 12.4 Å². The van der Waals surface area contributed by atoms with Gasteiger partial charge in [0.1, 0.15) is 5.82 Å². The van der Waals surface area contributed by atoms with Crippen LogP contribution in [0.1, 0.15) is 6.92 Å². The molecule has 0 aliphatic rings. The summed E-state index contributed by atoms with van der Waals surface area (Å²) in [4.78, 5) is 7.15. The molecule has 0 bridgehead atoms. The first-order chi connectivity index (χ1) is 5.83. The molecule has 0 radical (unpaired) electrons. The lowest BCUT2D eigenvalue weighted by atomic mass is 10.5. The van der Waals surface area contributed by atoms with E-state index in [-0.39, 0.29) is 0 Å². The van der Waals surface area contributed by atoms with E-state index in [1.165, 1.54) is 6.20 Å². The molecule has 0 saturated heterocycles. The Balaban J connectivity index is 2.55. The summed E-state index contributed by atoms with van der Waals surface area (Å²) in [5.41, 5.74) is 0. The minimum absolute atomic E-state index is 0.401. The van der Waals surface area contributed by atoms with Crippen LogP contribution in [-0.2, 0) is 0 Å². The van der Waals surface area contributed by atoms with Crippen LogP contribution in [0.25, 0.3) is 0 Å². The van der Waals surface area contributed by atoms with Gasteiger partial charge in [0, 0.05) is 0 Å². The molecule has 0 saturated carbocycles. The van der Waals surface area contributed by atoms with Crippen molar-refractivity contribution in [1.29, 1.82) is 0 Å². The molecule has 0 spiro atoms. The Kier molecular flexibility index (Phi) is 3.03. The van der Waals surface area contributed by atoms with E-state index in [1.54, 1.807) is 6.92 Å². The number of hydrogen-bond donors (Lipinski definition) is 1. The summed E-state index contributed by atoms with van der Waals surface area (Å²) in [7, 11) is 0. The predicted molar refractivity (Wildman–Crippen MR) is 43.9 cm³/mol. The zero-order valence-electron chi connectivity index (χ0n) is 6.63. The van der Waals surface area contributed by atoms with E-state index in [0.29, 0.717) is 12.4 Å². The summed E-state index contributed by atoms with van der Waals surface area (Å²) in [6.45, 7) is 2.19. The number of halogens is 1. The second-order valence-electron chi connectivity index (χ2n) is 2.01. The molecule has 0 fully saturated rings. The third kappa shape index (κ3) is 2.54. The molecule has 0 aromatic carbocycles. The molecule has 0 unspecified atom stereocenters. The first-order valence-electron chi connectivity index (χ1n) is 3.44. The fourth-order valence-corrected chi connectivity index (χ4v) is 0.650. The minimum atomic E-state index is -0.593. The smallest absolute Gasteiger partial charge is 0.233 e. The summed E-state index contributed by atoms with van der Waals surface area (Å²) in [6.07, 6.45) is 2.50. The van der Waals surface area contributed by atoms with Crippen LogP contribution in [-0.4, -0.2) is 16.5 Å². The lowest BCUT2D eigenvalue weighted by molar-refractivity contribution is 0.578. The maximum Gasteiger partial charge on any atom is 0.233 e.